The van der Waals surface area contributed by atoms with Gasteiger partial charge >= 0.3 is 0 Å². The van der Waals surface area contributed by atoms with Gasteiger partial charge in [0, 0.05) is 31.5 Å². The molecular formula is C15H27N3O2S. The summed E-state index contributed by atoms with van der Waals surface area (Å²) >= 11 is 0. The van der Waals surface area contributed by atoms with Crippen molar-refractivity contribution in [3.8, 4) is 0 Å². The Balaban J connectivity index is 2.03. The van der Waals surface area contributed by atoms with Gasteiger partial charge in [0.15, 0.2) is 0 Å². The van der Waals surface area contributed by atoms with E-state index >= 15 is 0 Å². The van der Waals surface area contributed by atoms with E-state index in [4.69, 9.17) is 0 Å². The molecule has 0 bridgehead atoms. The first kappa shape index (κ1) is 16.5. The Hall–Kier alpha value is -0.850. The molecule has 0 aromatic carbocycles. The Kier molecular flexibility index (Phi) is 5.46. The van der Waals surface area contributed by atoms with Gasteiger partial charge in [-0.2, -0.15) is 0 Å². The van der Waals surface area contributed by atoms with Crippen molar-refractivity contribution in [3.63, 3.8) is 0 Å². The van der Waals surface area contributed by atoms with Gasteiger partial charge in [0.2, 0.25) is 10.0 Å². The fraction of sp³-hybridized carbons (Fsp3) is 0.733. The lowest BCUT2D eigenvalue weighted by molar-refractivity contribution is 0.306. The predicted octanol–water partition coefficient (Wildman–Crippen LogP) is 1.99. The summed E-state index contributed by atoms with van der Waals surface area (Å²) in [5.41, 5.74) is 0.965. The highest BCUT2D eigenvalue weighted by Crippen LogP contribution is 2.27. The maximum absolute atomic E-state index is 12.5. The average Bonchev–Trinajstić information content (AvgIpc) is 2.82. The van der Waals surface area contributed by atoms with Crippen LogP contribution < -0.4 is 10.0 Å². The van der Waals surface area contributed by atoms with Crippen molar-refractivity contribution in [2.24, 2.45) is 13.0 Å². The summed E-state index contributed by atoms with van der Waals surface area (Å²) in [7, 11) is 0.323. The molecule has 6 heteroatoms. The molecule has 0 radical (unpaired) electrons. The lowest BCUT2D eigenvalue weighted by atomic mass is 9.85. The lowest BCUT2D eigenvalue weighted by Gasteiger charge is -2.28. The van der Waals surface area contributed by atoms with Crippen molar-refractivity contribution in [2.45, 2.75) is 56.5 Å². The Bertz CT molecular complexity index is 557. The van der Waals surface area contributed by atoms with E-state index in [2.05, 4.69) is 17.0 Å². The molecule has 1 aromatic rings. The molecule has 0 saturated heterocycles. The fourth-order valence-corrected chi connectivity index (χ4v) is 4.46. The number of sulfonamides is 1. The highest BCUT2D eigenvalue weighted by Gasteiger charge is 2.26. The SMILES string of the molecule is CCC1CCC(NS(=O)(=O)c2cc(CNC)n(C)c2)CC1. The molecule has 2 N–H and O–H groups in total. The topological polar surface area (TPSA) is 63.1 Å². The molecule has 0 unspecified atom stereocenters. The second-order valence-corrected chi connectivity index (χ2v) is 7.77. The summed E-state index contributed by atoms with van der Waals surface area (Å²) in [6, 6.07) is 1.84. The molecule has 0 amide bonds. The number of nitrogens with one attached hydrogen (secondary N) is 2. The van der Waals surface area contributed by atoms with Crippen LogP contribution in [0, 0.1) is 5.92 Å². The van der Waals surface area contributed by atoms with Gasteiger partial charge in [-0.1, -0.05) is 13.3 Å². The molecule has 0 spiro atoms. The molecule has 1 aromatic heterocycles. The van der Waals surface area contributed by atoms with E-state index in [-0.39, 0.29) is 6.04 Å². The Morgan fingerprint density at radius 3 is 2.52 bits per heavy atom. The summed E-state index contributed by atoms with van der Waals surface area (Å²) in [4.78, 5) is 0.368. The van der Waals surface area contributed by atoms with Crippen LogP contribution in [0.1, 0.15) is 44.7 Å². The van der Waals surface area contributed by atoms with E-state index < -0.39 is 10.0 Å². The first-order chi connectivity index (χ1) is 9.96. The van der Waals surface area contributed by atoms with E-state index in [0.717, 1.165) is 37.3 Å². The molecule has 21 heavy (non-hydrogen) atoms. The van der Waals surface area contributed by atoms with E-state index in [9.17, 15) is 8.42 Å². The second kappa shape index (κ2) is 6.94. The molecule has 1 heterocycles. The van der Waals surface area contributed by atoms with Crippen LogP contribution in [-0.2, 0) is 23.6 Å². The van der Waals surface area contributed by atoms with Crippen molar-refractivity contribution in [3.05, 3.63) is 18.0 Å². The smallest absolute Gasteiger partial charge is 0.242 e. The third-order valence-corrected chi connectivity index (χ3v) is 5.98. The summed E-state index contributed by atoms with van der Waals surface area (Å²) in [5.74, 6) is 0.768. The predicted molar refractivity (Wildman–Crippen MR) is 84.5 cm³/mol. The van der Waals surface area contributed by atoms with Crippen LogP contribution in [0.4, 0.5) is 0 Å². The Morgan fingerprint density at radius 1 is 1.29 bits per heavy atom. The van der Waals surface area contributed by atoms with Crippen LogP contribution in [0.25, 0.3) is 0 Å². The van der Waals surface area contributed by atoms with Crippen LogP contribution in [0.5, 0.6) is 0 Å². The summed E-state index contributed by atoms with van der Waals surface area (Å²) in [5, 5.41) is 3.05. The van der Waals surface area contributed by atoms with Crippen LogP contribution in [0.15, 0.2) is 17.2 Å². The molecule has 2 rings (SSSR count). The highest BCUT2D eigenvalue weighted by atomic mass is 32.2. The highest BCUT2D eigenvalue weighted by molar-refractivity contribution is 7.89. The van der Waals surface area contributed by atoms with Crippen LogP contribution in [-0.4, -0.2) is 26.1 Å². The van der Waals surface area contributed by atoms with Gasteiger partial charge in [0.05, 0.1) is 4.90 Å². The summed E-state index contributed by atoms with van der Waals surface area (Å²) in [6.07, 6.45) is 7.05. The summed E-state index contributed by atoms with van der Waals surface area (Å²) < 4.78 is 29.7. The standard InChI is InChI=1S/C15H27N3O2S/c1-4-12-5-7-13(8-6-12)17-21(19,20)15-9-14(10-16-2)18(3)11-15/h9,11-13,16-17H,4-8,10H2,1-3H3. The van der Waals surface area contributed by atoms with Crippen LogP contribution in [0.2, 0.25) is 0 Å². The van der Waals surface area contributed by atoms with Crippen molar-refractivity contribution in [1.29, 1.82) is 0 Å². The normalized spacial score (nSPS) is 23.4. The zero-order chi connectivity index (χ0) is 15.5. The molecule has 0 atom stereocenters. The van der Waals surface area contributed by atoms with E-state index in [1.165, 1.54) is 6.42 Å². The quantitative estimate of drug-likeness (QED) is 0.844. The second-order valence-electron chi connectivity index (χ2n) is 6.06. The van der Waals surface area contributed by atoms with E-state index in [0.29, 0.717) is 11.4 Å². The van der Waals surface area contributed by atoms with Crippen molar-refractivity contribution < 1.29 is 8.42 Å². The summed E-state index contributed by atoms with van der Waals surface area (Å²) in [6.45, 7) is 2.87. The minimum atomic E-state index is -3.40. The van der Waals surface area contributed by atoms with Gasteiger partial charge < -0.3 is 9.88 Å². The van der Waals surface area contributed by atoms with Gasteiger partial charge in [-0.3, -0.25) is 0 Å². The molecular weight excluding hydrogens is 286 g/mol. The zero-order valence-electron chi connectivity index (χ0n) is 13.2. The molecule has 1 fully saturated rings. The number of rotatable bonds is 6. The van der Waals surface area contributed by atoms with Crippen LogP contribution >= 0.6 is 0 Å². The van der Waals surface area contributed by atoms with Gasteiger partial charge in [-0.15, -0.1) is 0 Å². The van der Waals surface area contributed by atoms with E-state index in [1.54, 1.807) is 12.3 Å². The monoisotopic (exact) mass is 313 g/mol. The maximum Gasteiger partial charge on any atom is 0.242 e. The lowest BCUT2D eigenvalue weighted by Crippen LogP contribution is -2.37. The number of hydrogen-bond acceptors (Lipinski definition) is 3. The average molecular weight is 313 g/mol. The van der Waals surface area contributed by atoms with Crippen LogP contribution in [0.3, 0.4) is 0 Å². The molecule has 1 saturated carbocycles. The zero-order valence-corrected chi connectivity index (χ0v) is 14.0. The maximum atomic E-state index is 12.5. The van der Waals surface area contributed by atoms with Gasteiger partial charge in [0.25, 0.3) is 0 Å². The number of nitrogens with zero attached hydrogens (tertiary/aromatic N) is 1. The first-order valence-corrected chi connectivity index (χ1v) is 9.26. The minimum Gasteiger partial charge on any atom is -0.352 e. The van der Waals surface area contributed by atoms with E-state index in [1.807, 2.05) is 18.7 Å². The Morgan fingerprint density at radius 2 is 1.95 bits per heavy atom. The van der Waals surface area contributed by atoms with Gasteiger partial charge in [-0.05, 0) is 44.7 Å². The number of hydrogen-bond donors (Lipinski definition) is 2. The minimum absolute atomic E-state index is 0.0887. The molecule has 1 aliphatic carbocycles. The third-order valence-electron chi connectivity index (χ3n) is 4.50. The molecule has 0 aliphatic heterocycles. The van der Waals surface area contributed by atoms with Crippen molar-refractivity contribution in [1.82, 2.24) is 14.6 Å². The first-order valence-electron chi connectivity index (χ1n) is 7.78. The number of aryl methyl sites for hydroxylation is 1. The molecule has 120 valence electrons. The van der Waals surface area contributed by atoms with Crippen molar-refractivity contribution in [2.75, 3.05) is 7.05 Å². The Labute approximate surface area is 128 Å². The molecule has 5 nitrogen and oxygen atoms in total. The molecule has 1 aliphatic rings. The fourth-order valence-electron chi connectivity index (χ4n) is 3.06. The number of aromatic nitrogens is 1. The van der Waals surface area contributed by atoms with Crippen molar-refractivity contribution >= 4 is 10.0 Å². The third kappa shape index (κ3) is 4.08. The van der Waals surface area contributed by atoms with Gasteiger partial charge in [-0.25, -0.2) is 13.1 Å². The largest absolute Gasteiger partial charge is 0.352 e. The van der Waals surface area contributed by atoms with Gasteiger partial charge in [0.1, 0.15) is 0 Å².